The van der Waals surface area contributed by atoms with Crippen molar-refractivity contribution in [3.05, 3.63) is 29.8 Å². The van der Waals surface area contributed by atoms with Gasteiger partial charge in [0.05, 0.1) is 97.0 Å². The van der Waals surface area contributed by atoms with Crippen LogP contribution >= 0.6 is 10.7 Å². The number of aliphatic hydroxyl groups excluding tert-OH is 1. The van der Waals surface area contributed by atoms with E-state index in [1.807, 2.05) is 48.5 Å². The molecular weight excluding hydrogens is 696 g/mol. The van der Waals surface area contributed by atoms with Crippen LogP contribution in [0.2, 0.25) is 0 Å². The highest BCUT2D eigenvalue weighted by molar-refractivity contribution is 8.13. The summed E-state index contributed by atoms with van der Waals surface area (Å²) in [5, 5.41) is 8.46. The molecule has 50 heavy (non-hydrogen) atoms. The van der Waals surface area contributed by atoms with E-state index in [1.54, 1.807) is 12.1 Å². The van der Waals surface area contributed by atoms with Crippen LogP contribution in [0.5, 0.6) is 0 Å². The van der Waals surface area contributed by atoms with Gasteiger partial charge in [0.15, 0.2) is 0 Å². The van der Waals surface area contributed by atoms with Crippen molar-refractivity contribution in [1.29, 1.82) is 0 Å². The molecule has 0 amide bonds. The molecule has 0 spiro atoms. The van der Waals surface area contributed by atoms with Crippen LogP contribution in [-0.2, 0) is 56.5 Å². The number of ether oxygens (including phenoxy) is 8. The molecule has 0 fully saturated rings. The molecule has 0 saturated heterocycles. The predicted molar refractivity (Wildman–Crippen MR) is 194 cm³/mol. The lowest BCUT2D eigenvalue weighted by atomic mass is 10.2. The highest BCUT2D eigenvalue weighted by Gasteiger charge is 2.16. The smallest absolute Gasteiger partial charge is 0.308 e. The molecule has 0 aliphatic heterocycles. The van der Waals surface area contributed by atoms with E-state index in [1.165, 1.54) is 12.1 Å². The Bertz CT molecular complexity index is 1010. The molecule has 15 heteroatoms. The van der Waals surface area contributed by atoms with E-state index in [9.17, 15) is 18.0 Å². The maximum Gasteiger partial charge on any atom is 0.308 e. The molecule has 13 nitrogen and oxygen atoms in total. The number of rotatable bonds is 23. The van der Waals surface area contributed by atoms with Crippen molar-refractivity contribution in [3.63, 3.8) is 0 Å². The van der Waals surface area contributed by atoms with Gasteiger partial charge in [0.2, 0.25) is 0 Å². The largest absolute Gasteiger partial charge is 0.460 e. The second-order valence-corrected chi connectivity index (χ2v) is 14.9. The summed E-state index contributed by atoms with van der Waals surface area (Å²) in [7, 11) is 1.54. The Kier molecular flexibility index (Phi) is 33.4. The number of aliphatic hydroxyl groups is 1. The molecule has 1 aromatic carbocycles. The van der Waals surface area contributed by atoms with Crippen LogP contribution in [0.25, 0.3) is 0 Å². The Morgan fingerprint density at radius 3 is 1.24 bits per heavy atom. The Morgan fingerprint density at radius 2 is 0.940 bits per heavy atom. The first kappa shape index (κ1) is 52.5. The fraction of sp³-hybridized carbons (Fsp3) is 0.771. The number of halogens is 1. The number of aryl methyl sites for hydroxylation is 1. The van der Waals surface area contributed by atoms with Crippen LogP contribution in [0.1, 0.15) is 80.7 Å². The number of hydrogen-bond donors (Lipinski definition) is 1. The Hall–Kier alpha value is -1.88. The first-order chi connectivity index (χ1) is 22.9. The zero-order chi connectivity index (χ0) is 37.6. The number of carbonyl (C=O) groups is 2. The minimum absolute atomic E-state index is 0. The Balaban J connectivity index is -0.000000678. The third kappa shape index (κ3) is 40.5. The fourth-order valence-electron chi connectivity index (χ4n) is 3.09. The quantitative estimate of drug-likeness (QED) is 0.0847. The van der Waals surface area contributed by atoms with Crippen LogP contribution in [-0.4, -0.2) is 123 Å². The molecule has 1 aromatic rings. The number of esters is 2. The second kappa shape index (κ2) is 31.8. The van der Waals surface area contributed by atoms with Gasteiger partial charge in [-0.25, -0.2) is 8.42 Å². The number of carbonyl (C=O) groups excluding carboxylic acids is 2. The van der Waals surface area contributed by atoms with E-state index in [0.717, 1.165) is 18.6 Å². The van der Waals surface area contributed by atoms with Gasteiger partial charge in [-0.2, -0.15) is 0 Å². The molecule has 0 unspecified atom stereocenters. The lowest BCUT2D eigenvalue weighted by Gasteiger charge is -2.19. The summed E-state index contributed by atoms with van der Waals surface area (Å²) in [6.07, 6.45) is 1.54. The van der Waals surface area contributed by atoms with Crippen molar-refractivity contribution in [1.82, 2.24) is 0 Å². The maximum atomic E-state index is 11.3. The monoisotopic (exact) mass is 760 g/mol. The minimum Gasteiger partial charge on any atom is -0.460 e. The Labute approximate surface area is 305 Å². The van der Waals surface area contributed by atoms with Gasteiger partial charge in [0.25, 0.3) is 9.05 Å². The first-order valence-electron chi connectivity index (χ1n) is 16.4. The first-order valence-corrected chi connectivity index (χ1v) is 18.7. The van der Waals surface area contributed by atoms with Gasteiger partial charge < -0.3 is 43.0 Å². The molecule has 0 atom stereocenters. The lowest BCUT2D eigenvalue weighted by molar-refractivity contribution is -0.157. The van der Waals surface area contributed by atoms with Gasteiger partial charge in [-0.3, -0.25) is 9.59 Å². The molecule has 0 heterocycles. The summed E-state index contributed by atoms with van der Waals surface area (Å²) in [6.45, 7) is 20.8. The average molecular weight is 761 g/mol. The average Bonchev–Trinajstić information content (AvgIpc) is 2.98. The molecule has 0 saturated carbocycles. The summed E-state index contributed by atoms with van der Waals surface area (Å²) < 4.78 is 63.0. The summed E-state index contributed by atoms with van der Waals surface area (Å²) in [5.74, 6) is -0.493. The molecule has 0 bridgehead atoms. The lowest BCUT2D eigenvalue weighted by Crippen LogP contribution is -2.24. The van der Waals surface area contributed by atoms with Gasteiger partial charge in [-0.15, -0.1) is 0 Å². The summed E-state index contributed by atoms with van der Waals surface area (Å²) in [5.41, 5.74) is 0.127. The zero-order valence-electron chi connectivity index (χ0n) is 30.8. The van der Waals surface area contributed by atoms with E-state index < -0.39 is 20.3 Å². The van der Waals surface area contributed by atoms with E-state index in [-0.39, 0.29) is 43.7 Å². The van der Waals surface area contributed by atoms with E-state index >= 15 is 0 Å². The fourth-order valence-corrected chi connectivity index (χ4v) is 3.86. The highest BCUT2D eigenvalue weighted by atomic mass is 35.7. The van der Waals surface area contributed by atoms with E-state index in [0.29, 0.717) is 72.7 Å². The van der Waals surface area contributed by atoms with Crippen molar-refractivity contribution in [2.24, 2.45) is 0 Å². The molecule has 1 N–H and O–H groups in total. The van der Waals surface area contributed by atoms with Crippen molar-refractivity contribution in [3.8, 4) is 0 Å². The second-order valence-electron chi connectivity index (χ2n) is 12.3. The molecule has 1 rings (SSSR count). The summed E-state index contributed by atoms with van der Waals surface area (Å²) in [4.78, 5) is 22.8. The van der Waals surface area contributed by atoms with Crippen LogP contribution in [0.15, 0.2) is 29.2 Å². The van der Waals surface area contributed by atoms with Gasteiger partial charge >= 0.3 is 11.9 Å². The number of benzene rings is 1. The van der Waals surface area contributed by atoms with Gasteiger partial charge in [-0.05, 0) is 67.0 Å². The number of hydrogen-bond acceptors (Lipinski definition) is 13. The van der Waals surface area contributed by atoms with E-state index in [2.05, 4.69) is 6.92 Å². The zero-order valence-corrected chi connectivity index (χ0v) is 32.3. The van der Waals surface area contributed by atoms with Crippen LogP contribution in [0, 0.1) is 6.92 Å². The minimum atomic E-state index is -3.55. The topological polar surface area (TPSA) is 162 Å². The van der Waals surface area contributed by atoms with Crippen molar-refractivity contribution >= 4 is 31.7 Å². The maximum absolute atomic E-state index is 11.3. The van der Waals surface area contributed by atoms with Gasteiger partial charge in [0.1, 0.15) is 11.2 Å². The SMILES string of the molecule is C.CC(C)(C)OC(=O)CCOCCOCCOCCO.CCCOCCOCCOCCC(=O)OC(C)(C)C.Cc1ccc(S(=O)(=O)Cl)cc1. The summed E-state index contributed by atoms with van der Waals surface area (Å²) in [6, 6.07) is 6.37. The molecule has 0 aliphatic rings. The summed E-state index contributed by atoms with van der Waals surface area (Å²) >= 11 is 0. The van der Waals surface area contributed by atoms with Crippen LogP contribution in [0.4, 0.5) is 0 Å². The molecule has 0 aromatic heterocycles. The third-order valence-corrected chi connectivity index (χ3v) is 6.49. The normalized spacial score (nSPS) is 11.3. The van der Waals surface area contributed by atoms with Crippen LogP contribution in [0.3, 0.4) is 0 Å². The molecule has 0 aliphatic carbocycles. The van der Waals surface area contributed by atoms with Gasteiger partial charge in [-0.1, -0.05) is 32.0 Å². The van der Waals surface area contributed by atoms with Crippen molar-refractivity contribution in [2.75, 3.05) is 85.9 Å². The third-order valence-electron chi connectivity index (χ3n) is 5.12. The standard InChI is InChI=1S/C14H28O5.C13H26O6.C7H7ClO2S.CH4/c1-5-7-16-9-11-18-12-10-17-8-6-13(15)19-14(2,3)4;1-13(2,3)19-12(15)4-6-16-8-10-18-11-9-17-7-5-14;1-6-2-4-7(5-3-6)11(8,9)10;/h5-12H2,1-4H3;14H,4-11H2,1-3H3;2-5H,1H3;1H4. The van der Waals surface area contributed by atoms with E-state index in [4.69, 9.17) is 53.7 Å². The predicted octanol–water partition coefficient (Wildman–Crippen LogP) is 5.50. The van der Waals surface area contributed by atoms with Crippen molar-refractivity contribution < 1.29 is 61.0 Å². The van der Waals surface area contributed by atoms with Gasteiger partial charge in [0, 0.05) is 17.3 Å². The van der Waals surface area contributed by atoms with Crippen LogP contribution < -0.4 is 0 Å². The molecule has 296 valence electrons. The molecule has 0 radical (unpaired) electrons. The molecular formula is C35H65ClO13S. The highest BCUT2D eigenvalue weighted by Crippen LogP contribution is 2.14. The Morgan fingerprint density at radius 1 is 0.620 bits per heavy atom. The van der Waals surface area contributed by atoms with Crippen molar-refractivity contribution in [2.45, 2.75) is 98.2 Å².